The molecule has 1 saturated heterocycles. The summed E-state index contributed by atoms with van der Waals surface area (Å²) in [6.45, 7) is 3.57. The lowest BCUT2D eigenvalue weighted by molar-refractivity contribution is -0.133. The zero-order valence-corrected chi connectivity index (χ0v) is 19.7. The smallest absolute Gasteiger partial charge is 0.261 e. The Labute approximate surface area is 201 Å². The van der Waals surface area contributed by atoms with E-state index in [4.69, 9.17) is 9.72 Å². The number of amides is 1. The quantitative estimate of drug-likeness (QED) is 0.427. The number of rotatable bonds is 6. The largest absolute Gasteiger partial charge is 0.497 e. The van der Waals surface area contributed by atoms with E-state index in [1.807, 2.05) is 35.2 Å². The fraction of sp³-hybridized carbons (Fsp3) is 0.280. The fourth-order valence-electron chi connectivity index (χ4n) is 4.09. The summed E-state index contributed by atoms with van der Waals surface area (Å²) in [6, 6.07) is 15.1. The molecule has 0 bridgehead atoms. The lowest BCUT2D eigenvalue weighted by atomic mass is 10.2. The van der Waals surface area contributed by atoms with Gasteiger partial charge >= 0.3 is 0 Å². The molecule has 0 saturated carbocycles. The van der Waals surface area contributed by atoms with E-state index >= 15 is 0 Å². The summed E-state index contributed by atoms with van der Waals surface area (Å²) >= 11 is 1.65. The van der Waals surface area contributed by atoms with Crippen LogP contribution in [0.3, 0.4) is 0 Å². The van der Waals surface area contributed by atoms with E-state index in [1.165, 1.54) is 10.9 Å². The highest BCUT2D eigenvalue weighted by Crippen LogP contribution is 2.25. The highest BCUT2D eigenvalue weighted by atomic mass is 32.1. The molecule has 2 aromatic heterocycles. The molecule has 1 aliphatic rings. The van der Waals surface area contributed by atoms with E-state index < -0.39 is 0 Å². The van der Waals surface area contributed by atoms with Gasteiger partial charge in [0, 0.05) is 37.1 Å². The minimum atomic E-state index is -0.186. The van der Waals surface area contributed by atoms with Crippen LogP contribution in [-0.2, 0) is 17.9 Å². The van der Waals surface area contributed by atoms with Gasteiger partial charge in [0.05, 0.1) is 36.6 Å². The number of aromatic nitrogens is 3. The third-order valence-corrected chi connectivity index (χ3v) is 6.89. The summed E-state index contributed by atoms with van der Waals surface area (Å²) in [5.41, 5.74) is 2.49. The Morgan fingerprint density at radius 3 is 2.59 bits per heavy atom. The molecule has 0 atom stereocenters. The molecule has 0 aliphatic carbocycles. The molecule has 1 amide bonds. The van der Waals surface area contributed by atoms with Crippen LogP contribution in [0.25, 0.3) is 22.2 Å². The Hall–Kier alpha value is -3.56. The van der Waals surface area contributed by atoms with E-state index in [2.05, 4.69) is 15.3 Å². The number of nitrogens with zero attached hydrogens (tertiary/aromatic N) is 5. The van der Waals surface area contributed by atoms with Gasteiger partial charge in [-0.25, -0.2) is 9.97 Å². The highest BCUT2D eigenvalue weighted by Gasteiger charge is 2.22. The number of para-hydroxylation sites is 1. The van der Waals surface area contributed by atoms with Crippen molar-refractivity contribution in [3.63, 3.8) is 0 Å². The molecule has 3 heterocycles. The second kappa shape index (κ2) is 9.74. The number of hydrogen-bond acceptors (Lipinski definition) is 7. The lowest BCUT2D eigenvalue weighted by Crippen LogP contribution is -2.49. The molecule has 8 nitrogen and oxygen atoms in total. The molecule has 2 aromatic carbocycles. The average Bonchev–Trinajstić information content (AvgIpc) is 3.35. The van der Waals surface area contributed by atoms with E-state index in [1.54, 1.807) is 36.6 Å². The van der Waals surface area contributed by atoms with E-state index in [0.29, 0.717) is 24.0 Å². The standard InChI is InChI=1S/C25H25N5O3S/c1-33-19-8-6-18(7-9-19)22-16-34-23(27-22)14-28-10-12-29(13-11-28)24(31)15-30-17-26-21-5-3-2-4-20(21)25(30)32/h2-9,16-17H,10-15H2,1H3. The van der Waals surface area contributed by atoms with Crippen molar-refractivity contribution in [1.82, 2.24) is 24.3 Å². The second-order valence-corrected chi connectivity index (χ2v) is 9.15. The van der Waals surface area contributed by atoms with Crippen LogP contribution >= 0.6 is 11.3 Å². The molecule has 34 heavy (non-hydrogen) atoms. The molecule has 0 N–H and O–H groups in total. The molecule has 4 aromatic rings. The first-order valence-electron chi connectivity index (χ1n) is 11.1. The lowest BCUT2D eigenvalue weighted by Gasteiger charge is -2.34. The van der Waals surface area contributed by atoms with Crippen molar-refractivity contribution in [2.24, 2.45) is 0 Å². The first kappa shape index (κ1) is 22.2. The molecule has 5 rings (SSSR count). The predicted octanol–water partition coefficient (Wildman–Crippen LogP) is 2.87. The molecular formula is C25H25N5O3S. The van der Waals surface area contributed by atoms with Gasteiger partial charge in [-0.2, -0.15) is 0 Å². The predicted molar refractivity (Wildman–Crippen MR) is 132 cm³/mol. The maximum atomic E-state index is 12.8. The number of hydrogen-bond donors (Lipinski definition) is 0. The van der Waals surface area contributed by atoms with Crippen LogP contribution in [0.2, 0.25) is 0 Å². The second-order valence-electron chi connectivity index (χ2n) is 8.21. The number of benzene rings is 2. The molecule has 9 heteroatoms. The van der Waals surface area contributed by atoms with E-state index in [9.17, 15) is 9.59 Å². The van der Waals surface area contributed by atoms with Crippen LogP contribution in [0.5, 0.6) is 5.75 Å². The Balaban J connectivity index is 1.16. The van der Waals surface area contributed by atoms with Crippen molar-refractivity contribution in [2.75, 3.05) is 33.3 Å². The number of carbonyl (C=O) groups is 1. The van der Waals surface area contributed by atoms with Crippen LogP contribution in [0.15, 0.2) is 65.0 Å². The molecule has 1 fully saturated rings. The monoisotopic (exact) mass is 475 g/mol. The Morgan fingerprint density at radius 2 is 1.82 bits per heavy atom. The third-order valence-electron chi connectivity index (χ3n) is 6.06. The van der Waals surface area contributed by atoms with Crippen LogP contribution in [-0.4, -0.2) is 63.5 Å². The topological polar surface area (TPSA) is 80.6 Å². The van der Waals surface area contributed by atoms with Crippen molar-refractivity contribution in [2.45, 2.75) is 13.1 Å². The zero-order valence-electron chi connectivity index (χ0n) is 18.9. The van der Waals surface area contributed by atoms with Crippen molar-refractivity contribution in [3.05, 3.63) is 75.6 Å². The van der Waals surface area contributed by atoms with Gasteiger partial charge in [0.15, 0.2) is 0 Å². The van der Waals surface area contributed by atoms with Crippen LogP contribution < -0.4 is 10.3 Å². The normalized spacial score (nSPS) is 14.4. The van der Waals surface area contributed by atoms with Gasteiger partial charge in [-0.15, -0.1) is 11.3 Å². The molecule has 0 spiro atoms. The number of methoxy groups -OCH3 is 1. The fourth-order valence-corrected chi connectivity index (χ4v) is 4.93. The average molecular weight is 476 g/mol. The number of fused-ring (bicyclic) bond motifs is 1. The van der Waals surface area contributed by atoms with Gasteiger partial charge in [-0.1, -0.05) is 12.1 Å². The van der Waals surface area contributed by atoms with Crippen molar-refractivity contribution >= 4 is 28.1 Å². The summed E-state index contributed by atoms with van der Waals surface area (Å²) in [4.78, 5) is 38.7. The van der Waals surface area contributed by atoms with Crippen molar-refractivity contribution in [1.29, 1.82) is 0 Å². The number of ether oxygens (including phenoxy) is 1. The van der Waals surface area contributed by atoms with Crippen molar-refractivity contribution in [3.8, 4) is 17.0 Å². The molecule has 0 unspecified atom stereocenters. The summed E-state index contributed by atoms with van der Waals surface area (Å²) < 4.78 is 6.62. The van der Waals surface area contributed by atoms with Crippen LogP contribution in [0, 0.1) is 0 Å². The summed E-state index contributed by atoms with van der Waals surface area (Å²) in [5.74, 6) is 0.767. The third kappa shape index (κ3) is 4.71. The van der Waals surface area contributed by atoms with E-state index in [0.717, 1.165) is 41.6 Å². The summed E-state index contributed by atoms with van der Waals surface area (Å²) in [5, 5.41) is 3.66. The number of piperazine rings is 1. The summed E-state index contributed by atoms with van der Waals surface area (Å²) in [7, 11) is 1.66. The molecule has 1 aliphatic heterocycles. The van der Waals surface area contributed by atoms with Gasteiger partial charge in [0.25, 0.3) is 5.56 Å². The Kier molecular flexibility index (Phi) is 6.37. The van der Waals surface area contributed by atoms with E-state index in [-0.39, 0.29) is 18.0 Å². The first-order valence-corrected chi connectivity index (χ1v) is 12.0. The first-order chi connectivity index (χ1) is 16.6. The van der Waals surface area contributed by atoms with Gasteiger partial charge < -0.3 is 9.64 Å². The Bertz CT molecular complexity index is 1360. The van der Waals surface area contributed by atoms with Crippen LogP contribution in [0.4, 0.5) is 0 Å². The van der Waals surface area contributed by atoms with Gasteiger partial charge in [0.2, 0.25) is 5.91 Å². The SMILES string of the molecule is COc1ccc(-c2csc(CN3CCN(C(=O)Cn4cnc5ccccc5c4=O)CC3)n2)cc1. The van der Waals surface area contributed by atoms with Crippen molar-refractivity contribution < 1.29 is 9.53 Å². The molecule has 174 valence electrons. The zero-order chi connectivity index (χ0) is 23.5. The van der Waals surface area contributed by atoms with Gasteiger partial charge in [0.1, 0.15) is 17.3 Å². The minimum absolute atomic E-state index is 0.00830. The molecule has 0 radical (unpaired) electrons. The van der Waals surface area contributed by atoms with Gasteiger partial charge in [-0.05, 0) is 36.4 Å². The Morgan fingerprint density at radius 1 is 1.06 bits per heavy atom. The number of carbonyl (C=O) groups excluding carboxylic acids is 1. The summed E-state index contributed by atoms with van der Waals surface area (Å²) in [6.07, 6.45) is 1.46. The van der Waals surface area contributed by atoms with Gasteiger partial charge in [-0.3, -0.25) is 19.1 Å². The highest BCUT2D eigenvalue weighted by molar-refractivity contribution is 7.09. The molecular weight excluding hydrogens is 450 g/mol. The minimum Gasteiger partial charge on any atom is -0.497 e. The number of thiazole rings is 1. The van der Waals surface area contributed by atoms with Crippen LogP contribution in [0.1, 0.15) is 5.01 Å². The maximum absolute atomic E-state index is 12.8. The maximum Gasteiger partial charge on any atom is 0.261 e.